The third-order valence-electron chi connectivity index (χ3n) is 4.59. The minimum absolute atomic E-state index is 0.0454. The number of methoxy groups -OCH3 is 1. The molecule has 4 rings (SSSR count). The van der Waals surface area contributed by atoms with E-state index in [0.29, 0.717) is 28.5 Å². The summed E-state index contributed by atoms with van der Waals surface area (Å²) in [5, 5.41) is 5.16. The quantitative estimate of drug-likeness (QED) is 0.580. The maximum absolute atomic E-state index is 12.6. The summed E-state index contributed by atoms with van der Waals surface area (Å²) in [7, 11) is 1.49. The Labute approximate surface area is 172 Å². The monoisotopic (exact) mass is 409 g/mol. The predicted molar refractivity (Wildman–Crippen MR) is 107 cm³/mol. The molecule has 2 aromatic carbocycles. The van der Waals surface area contributed by atoms with E-state index in [4.69, 9.17) is 14.2 Å². The first-order valence-corrected chi connectivity index (χ1v) is 9.13. The number of urea groups is 1. The molecular weight excluding hydrogens is 390 g/mol. The molecule has 0 radical (unpaired) electrons. The van der Waals surface area contributed by atoms with Gasteiger partial charge in [-0.1, -0.05) is 17.7 Å². The van der Waals surface area contributed by atoms with Crippen molar-refractivity contribution in [1.29, 1.82) is 0 Å². The highest BCUT2D eigenvalue weighted by Crippen LogP contribution is 2.42. The van der Waals surface area contributed by atoms with Gasteiger partial charge < -0.3 is 24.8 Å². The van der Waals surface area contributed by atoms with Gasteiger partial charge in [0.05, 0.1) is 7.11 Å². The topological polar surface area (TPSA) is 106 Å². The Bertz CT molecular complexity index is 1060. The first-order valence-electron chi connectivity index (χ1n) is 9.13. The van der Waals surface area contributed by atoms with E-state index in [1.807, 2.05) is 19.1 Å². The van der Waals surface area contributed by atoms with Gasteiger partial charge in [0.2, 0.25) is 18.4 Å². The second-order valence-corrected chi connectivity index (χ2v) is 6.75. The first kappa shape index (κ1) is 19.3. The number of rotatable bonds is 5. The van der Waals surface area contributed by atoms with Crippen LogP contribution in [0.1, 0.15) is 11.1 Å². The lowest BCUT2D eigenvalue weighted by molar-refractivity contribution is -0.127. The van der Waals surface area contributed by atoms with E-state index in [2.05, 4.69) is 10.6 Å². The van der Waals surface area contributed by atoms with Crippen LogP contribution in [-0.2, 0) is 9.59 Å². The van der Waals surface area contributed by atoms with E-state index in [9.17, 15) is 14.4 Å². The van der Waals surface area contributed by atoms with E-state index in [1.165, 1.54) is 13.2 Å². The molecular formula is C21H19N3O6. The Morgan fingerprint density at radius 1 is 1.23 bits per heavy atom. The average Bonchev–Trinajstić information content (AvgIpc) is 3.29. The molecule has 9 nitrogen and oxygen atoms in total. The Morgan fingerprint density at radius 2 is 2.00 bits per heavy atom. The largest absolute Gasteiger partial charge is 0.493 e. The molecule has 2 aliphatic rings. The van der Waals surface area contributed by atoms with Gasteiger partial charge in [0.1, 0.15) is 12.2 Å². The standard InChI is InChI=1S/C21H19N3O6/c1-12-3-5-14(6-4-12)22-18(25)10-24-20(26)15(23-21(24)27)7-13-8-16(28-2)19-17(9-13)29-11-30-19/h3-9H,10-11H2,1-2H3,(H,22,25)(H,23,27). The van der Waals surface area contributed by atoms with Gasteiger partial charge in [-0.3, -0.25) is 9.59 Å². The van der Waals surface area contributed by atoms with Crippen molar-refractivity contribution >= 4 is 29.6 Å². The number of nitrogens with one attached hydrogen (secondary N) is 2. The molecule has 0 aliphatic carbocycles. The molecule has 2 aromatic rings. The predicted octanol–water partition coefficient (Wildman–Crippen LogP) is 2.26. The number of fused-ring (bicyclic) bond motifs is 1. The zero-order chi connectivity index (χ0) is 21.3. The normalized spacial score (nSPS) is 16.1. The lowest BCUT2D eigenvalue weighted by atomic mass is 10.1. The summed E-state index contributed by atoms with van der Waals surface area (Å²) in [6, 6.07) is 9.86. The molecule has 1 fully saturated rings. The zero-order valence-corrected chi connectivity index (χ0v) is 16.4. The molecule has 0 aromatic heterocycles. The van der Waals surface area contributed by atoms with Gasteiger partial charge in [-0.25, -0.2) is 9.69 Å². The van der Waals surface area contributed by atoms with E-state index in [0.717, 1.165) is 10.5 Å². The fraction of sp³-hybridized carbons (Fsp3) is 0.190. The smallest absolute Gasteiger partial charge is 0.329 e. The van der Waals surface area contributed by atoms with Crippen LogP contribution in [0.25, 0.3) is 6.08 Å². The van der Waals surface area contributed by atoms with Crippen molar-refractivity contribution in [2.24, 2.45) is 0 Å². The van der Waals surface area contributed by atoms with Crippen LogP contribution in [-0.4, -0.2) is 43.2 Å². The summed E-state index contributed by atoms with van der Waals surface area (Å²) < 4.78 is 16.0. The van der Waals surface area contributed by atoms with E-state index >= 15 is 0 Å². The highest BCUT2D eigenvalue weighted by atomic mass is 16.7. The second-order valence-electron chi connectivity index (χ2n) is 6.75. The van der Waals surface area contributed by atoms with Crippen LogP contribution in [0.4, 0.5) is 10.5 Å². The number of carbonyl (C=O) groups excluding carboxylic acids is 3. The summed E-state index contributed by atoms with van der Waals surface area (Å²) >= 11 is 0. The number of carbonyl (C=O) groups is 3. The highest BCUT2D eigenvalue weighted by Gasteiger charge is 2.35. The minimum Gasteiger partial charge on any atom is -0.493 e. The number of ether oxygens (including phenoxy) is 3. The molecule has 154 valence electrons. The summed E-state index contributed by atoms with van der Waals surface area (Å²) in [4.78, 5) is 38.0. The number of hydrogen-bond acceptors (Lipinski definition) is 6. The zero-order valence-electron chi connectivity index (χ0n) is 16.4. The van der Waals surface area contributed by atoms with Crippen molar-refractivity contribution in [3.05, 3.63) is 53.2 Å². The summed E-state index contributed by atoms with van der Waals surface area (Å²) in [6.07, 6.45) is 1.49. The number of aryl methyl sites for hydroxylation is 1. The van der Waals surface area contributed by atoms with Gasteiger partial charge in [-0.2, -0.15) is 0 Å². The highest BCUT2D eigenvalue weighted by molar-refractivity contribution is 6.16. The molecule has 2 N–H and O–H groups in total. The fourth-order valence-electron chi connectivity index (χ4n) is 3.10. The van der Waals surface area contributed by atoms with E-state index in [-0.39, 0.29) is 12.5 Å². The molecule has 0 saturated carbocycles. The van der Waals surface area contributed by atoms with Crippen LogP contribution in [0.15, 0.2) is 42.1 Å². The molecule has 1 saturated heterocycles. The van der Waals surface area contributed by atoms with Crippen LogP contribution in [0.5, 0.6) is 17.2 Å². The third kappa shape index (κ3) is 3.77. The molecule has 0 atom stereocenters. The van der Waals surface area contributed by atoms with Gasteiger partial charge in [0.25, 0.3) is 5.91 Å². The molecule has 30 heavy (non-hydrogen) atoms. The fourth-order valence-corrected chi connectivity index (χ4v) is 3.10. The van der Waals surface area contributed by atoms with Gasteiger partial charge in [0.15, 0.2) is 11.5 Å². The Balaban J connectivity index is 1.48. The Hall–Kier alpha value is -4.01. The van der Waals surface area contributed by atoms with Crippen molar-refractivity contribution in [3.63, 3.8) is 0 Å². The van der Waals surface area contributed by atoms with Gasteiger partial charge >= 0.3 is 6.03 Å². The number of anilines is 1. The van der Waals surface area contributed by atoms with Crippen LogP contribution < -0.4 is 24.8 Å². The van der Waals surface area contributed by atoms with Crippen LogP contribution in [0, 0.1) is 6.92 Å². The first-order chi connectivity index (χ1) is 14.4. The number of nitrogens with zero attached hydrogens (tertiary/aromatic N) is 1. The van der Waals surface area contributed by atoms with Crippen molar-refractivity contribution in [2.45, 2.75) is 6.92 Å². The van der Waals surface area contributed by atoms with Crippen molar-refractivity contribution in [2.75, 3.05) is 25.8 Å². The summed E-state index contributed by atoms with van der Waals surface area (Å²) in [6.45, 7) is 1.61. The summed E-state index contributed by atoms with van der Waals surface area (Å²) in [5.41, 5.74) is 2.26. The van der Waals surface area contributed by atoms with E-state index < -0.39 is 24.4 Å². The van der Waals surface area contributed by atoms with Crippen molar-refractivity contribution < 1.29 is 28.6 Å². The number of imide groups is 1. The van der Waals surface area contributed by atoms with E-state index in [1.54, 1.807) is 24.3 Å². The Kier molecular flexibility index (Phi) is 5.01. The lowest BCUT2D eigenvalue weighted by Crippen LogP contribution is -2.38. The minimum atomic E-state index is -0.669. The molecule has 0 spiro atoms. The Morgan fingerprint density at radius 3 is 2.73 bits per heavy atom. The summed E-state index contributed by atoms with van der Waals surface area (Å²) in [5.74, 6) is 0.329. The maximum Gasteiger partial charge on any atom is 0.329 e. The van der Waals surface area contributed by atoms with Gasteiger partial charge in [-0.05, 0) is 42.8 Å². The van der Waals surface area contributed by atoms with Gasteiger partial charge in [-0.15, -0.1) is 0 Å². The van der Waals surface area contributed by atoms with Crippen molar-refractivity contribution in [3.8, 4) is 17.2 Å². The molecule has 2 aliphatic heterocycles. The lowest BCUT2D eigenvalue weighted by Gasteiger charge is -2.12. The number of amides is 4. The maximum atomic E-state index is 12.6. The molecule has 4 amide bonds. The van der Waals surface area contributed by atoms with Crippen LogP contribution in [0.3, 0.4) is 0 Å². The molecule has 2 heterocycles. The van der Waals surface area contributed by atoms with Gasteiger partial charge in [0, 0.05) is 5.69 Å². The van der Waals surface area contributed by atoms with Crippen molar-refractivity contribution in [1.82, 2.24) is 10.2 Å². The molecule has 0 bridgehead atoms. The average molecular weight is 409 g/mol. The number of hydrogen-bond donors (Lipinski definition) is 2. The second kappa shape index (κ2) is 7.78. The van der Waals surface area contributed by atoms with Crippen LogP contribution >= 0.6 is 0 Å². The molecule has 9 heteroatoms. The SMILES string of the molecule is COc1cc(C=C2NC(=O)N(CC(=O)Nc3ccc(C)cc3)C2=O)cc2c1OCO2. The number of benzene rings is 2. The van der Waals surface area contributed by atoms with Crippen LogP contribution in [0.2, 0.25) is 0 Å². The molecule has 0 unspecified atom stereocenters. The third-order valence-corrected chi connectivity index (χ3v) is 4.59.